The Balaban J connectivity index is 1.18. The number of nitrogens with zero attached hydrogens (tertiary/aromatic N) is 3. The monoisotopic (exact) mass is 578 g/mol. The van der Waals surface area contributed by atoms with Crippen LogP contribution in [0.1, 0.15) is 62.8 Å². The van der Waals surface area contributed by atoms with Crippen LogP contribution in [0.5, 0.6) is 0 Å². The molecule has 0 atom stereocenters. The maximum absolute atomic E-state index is 13.5. The number of nitrogens with one attached hydrogen (secondary N) is 2. The third kappa shape index (κ3) is 4.66. The molecule has 2 bridgehead atoms. The Hall–Kier alpha value is -4.42. The molecule has 0 radical (unpaired) electrons. The first-order valence-corrected chi connectivity index (χ1v) is 14.3. The molecule has 0 saturated heterocycles. The van der Waals surface area contributed by atoms with Gasteiger partial charge in [0.05, 0.1) is 16.7 Å². The van der Waals surface area contributed by atoms with E-state index >= 15 is 0 Å². The Morgan fingerprint density at radius 2 is 1.74 bits per heavy atom. The van der Waals surface area contributed by atoms with Crippen molar-refractivity contribution >= 4 is 35.5 Å². The molecule has 3 heterocycles. The van der Waals surface area contributed by atoms with Crippen molar-refractivity contribution < 1.29 is 28.7 Å². The second kappa shape index (κ2) is 10.1. The second-order valence-corrected chi connectivity index (χ2v) is 12.1. The van der Waals surface area contributed by atoms with Crippen molar-refractivity contribution in [3.05, 3.63) is 50.7 Å². The molecule has 0 aromatic carbocycles. The van der Waals surface area contributed by atoms with Crippen LogP contribution in [0.15, 0.2) is 42.9 Å². The first kappa shape index (κ1) is 27.7. The van der Waals surface area contributed by atoms with Crippen molar-refractivity contribution in [2.24, 2.45) is 28.6 Å². The number of amides is 3. The van der Waals surface area contributed by atoms with E-state index in [0.717, 1.165) is 24.8 Å². The number of aromatic nitrogens is 1. The van der Waals surface area contributed by atoms with Gasteiger partial charge in [0.2, 0.25) is 5.91 Å². The summed E-state index contributed by atoms with van der Waals surface area (Å²) in [4.78, 5) is 68.6. The summed E-state index contributed by atoms with van der Waals surface area (Å²) in [5.41, 5.74) is 6.83. The van der Waals surface area contributed by atoms with E-state index in [2.05, 4.69) is 15.6 Å². The average molecular weight is 579 g/mol. The standard InChI is InChI=1S/C29H34N6O7/c1-34-19-12-16(2-3-21(19)42-27(34)41)14-31-24(37)18-13-20(35-11-4-17(22(30)36)23(35)33-18)25(38)32-15-28-5-8-29(9-6-28,10-7-28)26(39)40/h12-13H,2-11,14-15H2,1H3,(H2,30,36)(H,31,37)(H,32,38)(H,39,40). The summed E-state index contributed by atoms with van der Waals surface area (Å²) in [6.07, 6.45) is 8.72. The highest BCUT2D eigenvalue weighted by Gasteiger charge is 2.52. The molecule has 222 valence electrons. The number of rotatable bonds is 8. The van der Waals surface area contributed by atoms with E-state index in [1.54, 1.807) is 11.9 Å². The number of carboxylic acids is 1. The molecule has 13 nitrogen and oxygen atoms in total. The molecule has 3 saturated carbocycles. The first-order chi connectivity index (χ1) is 20.0. The van der Waals surface area contributed by atoms with Crippen LogP contribution in [0.25, 0.3) is 6.08 Å². The summed E-state index contributed by atoms with van der Waals surface area (Å²) in [5.74, 6) is -1.91. The molecule has 0 spiro atoms. The second-order valence-electron chi connectivity index (χ2n) is 12.1. The first-order valence-electron chi connectivity index (χ1n) is 14.3. The van der Waals surface area contributed by atoms with E-state index in [1.165, 1.54) is 10.6 Å². The maximum Gasteiger partial charge on any atom is 0.419 e. The van der Waals surface area contributed by atoms with Gasteiger partial charge in [-0.1, -0.05) is 0 Å². The minimum Gasteiger partial charge on any atom is -0.481 e. The van der Waals surface area contributed by atoms with Gasteiger partial charge in [0, 0.05) is 33.1 Å². The smallest absolute Gasteiger partial charge is 0.419 e. The number of fused-ring (bicyclic) bond motifs is 5. The average Bonchev–Trinajstić information content (AvgIpc) is 3.55. The van der Waals surface area contributed by atoms with Crippen LogP contribution in [0, 0.1) is 10.8 Å². The molecular weight excluding hydrogens is 544 g/mol. The molecular formula is C29H34N6O7. The van der Waals surface area contributed by atoms with Gasteiger partial charge >= 0.3 is 11.7 Å². The van der Waals surface area contributed by atoms with Crippen LogP contribution < -0.4 is 22.1 Å². The van der Waals surface area contributed by atoms with Gasteiger partial charge in [0.15, 0.2) is 0 Å². The van der Waals surface area contributed by atoms with Gasteiger partial charge in [-0.25, -0.2) is 9.79 Å². The van der Waals surface area contributed by atoms with Crippen LogP contribution in [-0.2, 0) is 32.6 Å². The summed E-state index contributed by atoms with van der Waals surface area (Å²) in [6.45, 7) is 0.938. The molecule has 1 aromatic heterocycles. The van der Waals surface area contributed by atoms with Gasteiger partial charge < -0.3 is 30.8 Å². The van der Waals surface area contributed by atoms with Crippen LogP contribution in [-0.4, -0.2) is 63.6 Å². The maximum atomic E-state index is 13.5. The molecule has 2 aliphatic heterocycles. The van der Waals surface area contributed by atoms with Crippen LogP contribution in [0.4, 0.5) is 0 Å². The van der Waals surface area contributed by atoms with Gasteiger partial charge in [0.25, 0.3) is 11.8 Å². The number of carbonyl (C=O) groups is 4. The number of nitrogens with two attached hydrogens (primary N) is 1. The number of primary amides is 1. The predicted molar refractivity (Wildman–Crippen MR) is 150 cm³/mol. The molecule has 3 amide bonds. The Kier molecular flexibility index (Phi) is 6.70. The minimum absolute atomic E-state index is 0.0143. The van der Waals surface area contributed by atoms with Crippen molar-refractivity contribution in [1.29, 1.82) is 0 Å². The number of hydrogen-bond acceptors (Lipinski definition) is 8. The molecule has 7 rings (SSSR count). The van der Waals surface area contributed by atoms with E-state index < -0.39 is 34.9 Å². The number of oxazole rings is 1. The summed E-state index contributed by atoms with van der Waals surface area (Å²) in [7, 11) is 1.62. The number of aliphatic carboxylic acids is 1. The Morgan fingerprint density at radius 1 is 1.02 bits per heavy atom. The van der Waals surface area contributed by atoms with Gasteiger partial charge in [-0.3, -0.25) is 23.7 Å². The Bertz CT molecular complexity index is 1560. The molecule has 42 heavy (non-hydrogen) atoms. The SMILES string of the molecule is Cn1c2c(oc1=O)CCC(CNC(=O)C1=NC3=C(C(N)=O)CCN3C(C(=O)NCC34CCC(C(=O)O)(CC3)CC4)=C1)=C2. The normalized spacial score (nSPS) is 26.1. The highest BCUT2D eigenvalue weighted by molar-refractivity contribution is 6.44. The summed E-state index contributed by atoms with van der Waals surface area (Å²) < 4.78 is 6.66. The van der Waals surface area contributed by atoms with Crippen LogP contribution >= 0.6 is 0 Å². The molecule has 5 N–H and O–H groups in total. The van der Waals surface area contributed by atoms with Crippen LogP contribution in [0.3, 0.4) is 0 Å². The summed E-state index contributed by atoms with van der Waals surface area (Å²) >= 11 is 0. The minimum atomic E-state index is -0.729. The topological polar surface area (TPSA) is 189 Å². The zero-order chi connectivity index (χ0) is 29.8. The number of aryl methyl sites for hydroxylation is 1. The fraction of sp³-hybridized carbons (Fsp3) is 0.517. The number of hydrogen-bond donors (Lipinski definition) is 4. The lowest BCUT2D eigenvalue weighted by atomic mass is 9.53. The molecule has 13 heteroatoms. The van der Waals surface area contributed by atoms with E-state index in [1.807, 2.05) is 6.08 Å². The lowest BCUT2D eigenvalue weighted by molar-refractivity contribution is -0.159. The third-order valence-corrected chi connectivity index (χ3v) is 9.77. The van der Waals surface area contributed by atoms with E-state index in [-0.39, 0.29) is 34.8 Å². The zero-order valence-corrected chi connectivity index (χ0v) is 23.5. The number of carbonyl (C=O) groups excluding carboxylic acids is 3. The molecule has 3 fully saturated rings. The van der Waals surface area contributed by atoms with Gasteiger partial charge in [-0.05, 0) is 74.5 Å². The number of aliphatic imine (C=N–C) groups is 1. The summed E-state index contributed by atoms with van der Waals surface area (Å²) in [5, 5.41) is 15.6. The van der Waals surface area contributed by atoms with Gasteiger partial charge in [-0.2, -0.15) is 0 Å². The van der Waals surface area contributed by atoms with E-state index in [4.69, 9.17) is 10.2 Å². The van der Waals surface area contributed by atoms with Gasteiger partial charge in [-0.15, -0.1) is 0 Å². The largest absolute Gasteiger partial charge is 0.481 e. The fourth-order valence-corrected chi connectivity index (χ4v) is 6.90. The lowest BCUT2D eigenvalue weighted by Gasteiger charge is -2.51. The van der Waals surface area contributed by atoms with Crippen molar-refractivity contribution in [3.8, 4) is 0 Å². The van der Waals surface area contributed by atoms with Crippen LogP contribution in [0.2, 0.25) is 0 Å². The van der Waals surface area contributed by atoms with Gasteiger partial charge in [0.1, 0.15) is 23.0 Å². The Labute approximate surface area is 241 Å². The predicted octanol–water partition coefficient (Wildman–Crippen LogP) is 0.707. The highest BCUT2D eigenvalue weighted by atomic mass is 16.4. The van der Waals surface area contributed by atoms with Crippen molar-refractivity contribution in [2.75, 3.05) is 19.6 Å². The molecule has 0 unspecified atom stereocenters. The summed E-state index contributed by atoms with van der Waals surface area (Å²) in [6, 6.07) is 0. The molecule has 1 aromatic rings. The fourth-order valence-electron chi connectivity index (χ4n) is 6.90. The Morgan fingerprint density at radius 3 is 2.40 bits per heavy atom. The number of carboxylic acid groups (broad SMARTS) is 1. The molecule has 4 aliphatic carbocycles. The van der Waals surface area contributed by atoms with Crippen molar-refractivity contribution in [3.63, 3.8) is 0 Å². The lowest BCUT2D eigenvalue weighted by Crippen LogP contribution is -2.51. The van der Waals surface area contributed by atoms with Crippen molar-refractivity contribution in [2.45, 2.75) is 57.8 Å². The quantitative estimate of drug-likeness (QED) is 0.347. The van der Waals surface area contributed by atoms with E-state index in [0.29, 0.717) is 63.1 Å². The zero-order valence-electron chi connectivity index (χ0n) is 23.5. The third-order valence-electron chi connectivity index (χ3n) is 9.77. The van der Waals surface area contributed by atoms with Crippen molar-refractivity contribution in [1.82, 2.24) is 20.1 Å². The molecule has 6 aliphatic rings. The highest BCUT2D eigenvalue weighted by Crippen LogP contribution is 2.56. The van der Waals surface area contributed by atoms with E-state index in [9.17, 15) is 29.1 Å².